The Morgan fingerprint density at radius 3 is 2.56 bits per heavy atom. The lowest BCUT2D eigenvalue weighted by molar-refractivity contribution is -0.225. The molecule has 0 amide bonds. The Morgan fingerprint density at radius 1 is 1.37 bits per heavy atom. The van der Waals surface area contributed by atoms with Crippen molar-refractivity contribution in [2.45, 2.75) is 49.7 Å². The zero-order chi connectivity index (χ0) is 19.7. The number of rotatable bonds is 7. The van der Waals surface area contributed by atoms with Crippen molar-refractivity contribution in [3.8, 4) is 0 Å². The SMILES string of the molecule is CCN(CC)C[C@H]1CC2(CCN(S(=O)(=O)c3ccsc3C(=O)OC)CC2)O1. The van der Waals surface area contributed by atoms with Gasteiger partial charge in [0.25, 0.3) is 0 Å². The average Bonchev–Trinajstić information content (AvgIpc) is 3.15. The van der Waals surface area contributed by atoms with Crippen molar-refractivity contribution in [2.75, 3.05) is 39.8 Å². The van der Waals surface area contributed by atoms with Crippen LogP contribution in [-0.2, 0) is 19.5 Å². The lowest BCUT2D eigenvalue weighted by atomic mass is 9.81. The first-order valence-electron chi connectivity index (χ1n) is 9.41. The second-order valence-corrected chi connectivity index (χ2v) is 9.94. The highest BCUT2D eigenvalue weighted by Gasteiger charge is 2.49. The first-order chi connectivity index (χ1) is 12.8. The van der Waals surface area contributed by atoms with Crippen LogP contribution >= 0.6 is 11.3 Å². The summed E-state index contributed by atoms with van der Waals surface area (Å²) in [6, 6.07) is 1.48. The second-order valence-electron chi connectivity index (χ2n) is 7.12. The summed E-state index contributed by atoms with van der Waals surface area (Å²) in [5, 5.41) is 1.61. The number of carbonyl (C=O) groups excluding carboxylic acids is 1. The summed E-state index contributed by atoms with van der Waals surface area (Å²) in [6.45, 7) is 8.08. The Bertz CT molecular complexity index is 756. The summed E-state index contributed by atoms with van der Waals surface area (Å²) in [6.07, 6.45) is 2.62. The minimum atomic E-state index is -3.70. The highest BCUT2D eigenvalue weighted by Crippen LogP contribution is 2.42. The Balaban J connectivity index is 1.60. The number of ether oxygens (including phenoxy) is 2. The van der Waals surface area contributed by atoms with E-state index in [1.165, 1.54) is 17.5 Å². The fourth-order valence-electron chi connectivity index (χ4n) is 3.97. The van der Waals surface area contributed by atoms with E-state index in [4.69, 9.17) is 9.47 Å². The van der Waals surface area contributed by atoms with Crippen molar-refractivity contribution in [3.63, 3.8) is 0 Å². The van der Waals surface area contributed by atoms with Crippen LogP contribution in [-0.4, -0.2) is 75.1 Å². The van der Waals surface area contributed by atoms with Gasteiger partial charge in [-0.25, -0.2) is 13.2 Å². The van der Waals surface area contributed by atoms with Gasteiger partial charge in [0, 0.05) is 26.1 Å². The summed E-state index contributed by atoms with van der Waals surface area (Å²) < 4.78 is 38.3. The summed E-state index contributed by atoms with van der Waals surface area (Å²) in [4.78, 5) is 14.4. The van der Waals surface area contributed by atoms with Crippen LogP contribution in [0, 0.1) is 0 Å². The average molecular weight is 417 g/mol. The molecule has 1 aromatic rings. The molecule has 2 fully saturated rings. The summed E-state index contributed by atoms with van der Waals surface area (Å²) >= 11 is 1.09. The third-order valence-corrected chi connectivity index (χ3v) is 8.59. The van der Waals surface area contributed by atoms with Crippen molar-refractivity contribution in [1.82, 2.24) is 9.21 Å². The molecule has 9 heteroatoms. The predicted molar refractivity (Wildman–Crippen MR) is 104 cm³/mol. The van der Waals surface area contributed by atoms with Crippen molar-refractivity contribution in [3.05, 3.63) is 16.3 Å². The van der Waals surface area contributed by atoms with E-state index >= 15 is 0 Å². The van der Waals surface area contributed by atoms with Crippen LogP contribution in [0.1, 0.15) is 42.8 Å². The van der Waals surface area contributed by atoms with E-state index in [1.807, 2.05) is 0 Å². The number of carbonyl (C=O) groups is 1. The Morgan fingerprint density at radius 2 is 2.00 bits per heavy atom. The van der Waals surface area contributed by atoms with E-state index in [0.29, 0.717) is 25.9 Å². The number of esters is 1. The van der Waals surface area contributed by atoms with E-state index in [2.05, 4.69) is 18.7 Å². The summed E-state index contributed by atoms with van der Waals surface area (Å²) in [7, 11) is -2.44. The quantitative estimate of drug-likeness (QED) is 0.634. The van der Waals surface area contributed by atoms with Crippen molar-refractivity contribution in [1.29, 1.82) is 0 Å². The van der Waals surface area contributed by atoms with E-state index in [9.17, 15) is 13.2 Å². The van der Waals surface area contributed by atoms with Gasteiger partial charge in [-0.05, 0) is 37.4 Å². The molecule has 1 aromatic heterocycles. The molecule has 3 rings (SSSR count). The maximum atomic E-state index is 13.0. The molecule has 0 unspecified atom stereocenters. The number of hydrogen-bond donors (Lipinski definition) is 0. The first-order valence-corrected chi connectivity index (χ1v) is 11.7. The summed E-state index contributed by atoms with van der Waals surface area (Å²) in [5.74, 6) is -0.612. The maximum Gasteiger partial charge on any atom is 0.349 e. The predicted octanol–water partition coefficient (Wildman–Crippen LogP) is 2.19. The van der Waals surface area contributed by atoms with Crippen LogP contribution < -0.4 is 0 Å². The number of sulfonamides is 1. The smallest absolute Gasteiger partial charge is 0.349 e. The van der Waals surface area contributed by atoms with Gasteiger partial charge in [-0.2, -0.15) is 4.31 Å². The first kappa shape index (κ1) is 20.7. The Labute approximate surface area is 165 Å². The van der Waals surface area contributed by atoms with Gasteiger partial charge in [-0.15, -0.1) is 11.3 Å². The highest BCUT2D eigenvalue weighted by atomic mass is 32.2. The minimum Gasteiger partial charge on any atom is -0.465 e. The molecule has 2 saturated heterocycles. The largest absolute Gasteiger partial charge is 0.465 e. The highest BCUT2D eigenvalue weighted by molar-refractivity contribution is 7.89. The molecule has 0 bridgehead atoms. The van der Waals surface area contributed by atoms with Crippen molar-refractivity contribution < 1.29 is 22.7 Å². The molecule has 0 aliphatic carbocycles. The van der Waals surface area contributed by atoms with Crippen LogP contribution in [0.2, 0.25) is 0 Å². The fourth-order valence-corrected chi connectivity index (χ4v) is 6.72. The molecule has 2 aliphatic rings. The zero-order valence-corrected chi connectivity index (χ0v) is 17.8. The van der Waals surface area contributed by atoms with Gasteiger partial charge in [-0.3, -0.25) is 0 Å². The van der Waals surface area contributed by atoms with Gasteiger partial charge in [0.15, 0.2) is 0 Å². The molecule has 0 saturated carbocycles. The monoisotopic (exact) mass is 416 g/mol. The lowest BCUT2D eigenvalue weighted by Crippen LogP contribution is -2.59. The normalized spacial score (nSPS) is 22.7. The van der Waals surface area contributed by atoms with Gasteiger partial charge in [-0.1, -0.05) is 13.8 Å². The lowest BCUT2D eigenvalue weighted by Gasteiger charge is -2.52. The number of methoxy groups -OCH3 is 1. The molecule has 1 spiro atoms. The molecule has 3 heterocycles. The van der Waals surface area contributed by atoms with Gasteiger partial charge in [0.1, 0.15) is 9.77 Å². The fraction of sp³-hybridized carbons (Fsp3) is 0.722. The zero-order valence-electron chi connectivity index (χ0n) is 16.1. The van der Waals surface area contributed by atoms with Crippen LogP contribution in [0.5, 0.6) is 0 Å². The number of thiophene rings is 1. The minimum absolute atomic E-state index is 0.0456. The molecular formula is C18H28N2O5S2. The molecule has 7 nitrogen and oxygen atoms in total. The van der Waals surface area contributed by atoms with E-state index in [-0.39, 0.29) is 21.5 Å². The third kappa shape index (κ3) is 4.07. The maximum absolute atomic E-state index is 13.0. The molecule has 152 valence electrons. The molecule has 2 aliphatic heterocycles. The molecule has 0 aromatic carbocycles. The van der Waals surface area contributed by atoms with Gasteiger partial charge in [0.05, 0.1) is 18.8 Å². The molecule has 0 N–H and O–H groups in total. The van der Waals surface area contributed by atoms with E-state index in [0.717, 1.165) is 37.4 Å². The van der Waals surface area contributed by atoms with Crippen LogP contribution in [0.15, 0.2) is 16.3 Å². The number of hydrogen-bond acceptors (Lipinski definition) is 7. The van der Waals surface area contributed by atoms with E-state index in [1.54, 1.807) is 5.38 Å². The van der Waals surface area contributed by atoms with Gasteiger partial charge >= 0.3 is 5.97 Å². The topological polar surface area (TPSA) is 76.2 Å². The van der Waals surface area contributed by atoms with Crippen LogP contribution in [0.25, 0.3) is 0 Å². The molecular weight excluding hydrogens is 388 g/mol. The summed E-state index contributed by atoms with van der Waals surface area (Å²) in [5.41, 5.74) is -0.177. The van der Waals surface area contributed by atoms with Crippen LogP contribution in [0.4, 0.5) is 0 Å². The molecule has 1 atom stereocenters. The molecule has 0 radical (unpaired) electrons. The van der Waals surface area contributed by atoms with Gasteiger partial charge < -0.3 is 14.4 Å². The van der Waals surface area contributed by atoms with Crippen molar-refractivity contribution in [2.24, 2.45) is 0 Å². The van der Waals surface area contributed by atoms with Crippen LogP contribution in [0.3, 0.4) is 0 Å². The Hall–Kier alpha value is -1.00. The number of nitrogens with zero attached hydrogens (tertiary/aromatic N) is 2. The van der Waals surface area contributed by atoms with Gasteiger partial charge in [0.2, 0.25) is 10.0 Å². The standard InChI is InChI=1S/C18H28N2O5S2/c1-4-19(5-2)13-14-12-18(25-14)7-9-20(10-8-18)27(22,23)15-6-11-26-16(15)17(21)24-3/h6,11,14H,4-5,7-10,12-13H2,1-3H3/t14-/m1/s1. The third-order valence-electron chi connectivity index (χ3n) is 5.62. The second kappa shape index (κ2) is 8.16. The van der Waals surface area contributed by atoms with Crippen molar-refractivity contribution >= 4 is 27.3 Å². The Kier molecular flexibility index (Phi) is 6.27. The molecule has 27 heavy (non-hydrogen) atoms. The number of likely N-dealkylation sites (N-methyl/N-ethyl adjacent to an activating group) is 1. The number of piperidine rings is 1. The van der Waals surface area contributed by atoms with E-state index < -0.39 is 16.0 Å².